The fourth-order valence-electron chi connectivity index (χ4n) is 2.61. The fraction of sp³-hybridized carbons (Fsp3) is 0.286. The van der Waals surface area contributed by atoms with Crippen LogP contribution in [0.5, 0.6) is 0 Å². The summed E-state index contributed by atoms with van der Waals surface area (Å²) in [6.07, 6.45) is 3.18. The number of aldehydes is 1. The van der Waals surface area contributed by atoms with E-state index in [1.807, 2.05) is 6.07 Å². The molecule has 0 bridgehead atoms. The molecule has 0 aliphatic carbocycles. The maximum Gasteiger partial charge on any atom is 0.234 e. The Hall–Kier alpha value is -2.50. The van der Waals surface area contributed by atoms with Gasteiger partial charge >= 0.3 is 0 Å². The maximum atomic E-state index is 11.9. The molecular formula is C14H13N3O3. The van der Waals surface area contributed by atoms with Gasteiger partial charge in [-0.1, -0.05) is 0 Å². The van der Waals surface area contributed by atoms with E-state index in [2.05, 4.69) is 10.4 Å². The van der Waals surface area contributed by atoms with E-state index in [0.29, 0.717) is 18.4 Å². The van der Waals surface area contributed by atoms with E-state index in [1.54, 1.807) is 24.0 Å². The van der Waals surface area contributed by atoms with Crippen molar-refractivity contribution < 1.29 is 14.4 Å². The lowest BCUT2D eigenvalue weighted by molar-refractivity contribution is -0.134. The molecule has 2 amide bonds. The molecule has 2 aromatic rings. The fourth-order valence-corrected chi connectivity index (χ4v) is 2.61. The van der Waals surface area contributed by atoms with Crippen LogP contribution in [0.1, 0.15) is 34.7 Å². The summed E-state index contributed by atoms with van der Waals surface area (Å²) in [7, 11) is 1.78. The average molecular weight is 271 g/mol. The summed E-state index contributed by atoms with van der Waals surface area (Å²) in [4.78, 5) is 34.3. The molecule has 0 radical (unpaired) electrons. The second-order valence-corrected chi connectivity index (χ2v) is 4.93. The molecule has 1 saturated heterocycles. The van der Waals surface area contributed by atoms with E-state index in [-0.39, 0.29) is 11.8 Å². The minimum atomic E-state index is -0.398. The van der Waals surface area contributed by atoms with Crippen molar-refractivity contribution in [2.24, 2.45) is 7.05 Å². The van der Waals surface area contributed by atoms with Crippen LogP contribution < -0.4 is 5.32 Å². The van der Waals surface area contributed by atoms with Gasteiger partial charge < -0.3 is 0 Å². The lowest BCUT2D eigenvalue weighted by Gasteiger charge is -2.21. The van der Waals surface area contributed by atoms with Gasteiger partial charge in [0.05, 0.1) is 17.6 Å². The summed E-state index contributed by atoms with van der Waals surface area (Å²) in [5.74, 6) is -0.950. The Morgan fingerprint density at radius 2 is 2.20 bits per heavy atom. The van der Waals surface area contributed by atoms with Gasteiger partial charge in [-0.25, -0.2) is 0 Å². The van der Waals surface area contributed by atoms with Gasteiger partial charge in [0.25, 0.3) is 0 Å². The van der Waals surface area contributed by atoms with Crippen molar-refractivity contribution in [1.29, 1.82) is 0 Å². The highest BCUT2D eigenvalue weighted by Gasteiger charge is 2.28. The Morgan fingerprint density at radius 1 is 1.40 bits per heavy atom. The maximum absolute atomic E-state index is 11.9. The first-order chi connectivity index (χ1) is 9.60. The van der Waals surface area contributed by atoms with Gasteiger partial charge in [0.1, 0.15) is 0 Å². The number of rotatable bonds is 2. The summed E-state index contributed by atoms with van der Waals surface area (Å²) in [5.41, 5.74) is 2.05. The predicted molar refractivity (Wildman–Crippen MR) is 71.2 cm³/mol. The van der Waals surface area contributed by atoms with E-state index >= 15 is 0 Å². The Balaban J connectivity index is 2.12. The first-order valence-corrected chi connectivity index (χ1v) is 6.34. The summed E-state index contributed by atoms with van der Waals surface area (Å²) in [6.45, 7) is 0. The molecule has 1 N–H and O–H groups in total. The molecule has 1 aromatic heterocycles. The van der Waals surface area contributed by atoms with Crippen LogP contribution in [0.15, 0.2) is 18.3 Å². The number of aryl methyl sites for hydroxylation is 1. The molecule has 3 rings (SSSR count). The Bertz CT molecular complexity index is 733. The zero-order chi connectivity index (χ0) is 14.3. The summed E-state index contributed by atoms with van der Waals surface area (Å²) < 4.78 is 1.66. The quantitative estimate of drug-likeness (QED) is 0.650. The van der Waals surface area contributed by atoms with Crippen LogP contribution in [0.4, 0.5) is 0 Å². The third-order valence-corrected chi connectivity index (χ3v) is 3.69. The molecule has 1 aliphatic rings. The Labute approximate surface area is 114 Å². The number of imide groups is 1. The third-order valence-electron chi connectivity index (χ3n) is 3.69. The van der Waals surface area contributed by atoms with Crippen molar-refractivity contribution >= 4 is 29.0 Å². The highest BCUT2D eigenvalue weighted by Crippen LogP contribution is 2.29. The van der Waals surface area contributed by atoms with Crippen molar-refractivity contribution in [2.75, 3.05) is 0 Å². The molecule has 0 spiro atoms. The average Bonchev–Trinajstić information content (AvgIpc) is 2.80. The molecule has 1 fully saturated rings. The summed E-state index contributed by atoms with van der Waals surface area (Å²) in [5, 5.41) is 7.22. The van der Waals surface area contributed by atoms with Crippen LogP contribution in [0, 0.1) is 0 Å². The second-order valence-electron chi connectivity index (χ2n) is 4.93. The largest absolute Gasteiger partial charge is 0.298 e. The van der Waals surface area contributed by atoms with Crippen LogP contribution in [0.2, 0.25) is 0 Å². The van der Waals surface area contributed by atoms with Crippen LogP contribution in [0.25, 0.3) is 10.9 Å². The Morgan fingerprint density at radius 3 is 2.90 bits per heavy atom. The van der Waals surface area contributed by atoms with E-state index in [0.717, 1.165) is 22.8 Å². The van der Waals surface area contributed by atoms with Crippen molar-refractivity contribution in [3.8, 4) is 0 Å². The van der Waals surface area contributed by atoms with Gasteiger partial charge in [-0.3, -0.25) is 24.4 Å². The number of hydrogen-bond donors (Lipinski definition) is 1. The number of carbonyl (C=O) groups is 3. The predicted octanol–water partition coefficient (Wildman–Crippen LogP) is 0.906. The first kappa shape index (κ1) is 12.5. The van der Waals surface area contributed by atoms with Gasteiger partial charge in [-0.05, 0) is 24.1 Å². The number of amides is 2. The number of nitrogens with zero attached hydrogens (tertiary/aromatic N) is 2. The molecule has 102 valence electrons. The van der Waals surface area contributed by atoms with Gasteiger partial charge in [0.15, 0.2) is 6.29 Å². The molecule has 0 saturated carbocycles. The third kappa shape index (κ3) is 1.89. The number of fused-ring (bicyclic) bond motifs is 1. The summed E-state index contributed by atoms with van der Waals surface area (Å²) in [6, 6.07) is 3.56. The van der Waals surface area contributed by atoms with Crippen LogP contribution in [-0.2, 0) is 16.6 Å². The van der Waals surface area contributed by atoms with Gasteiger partial charge in [-0.2, -0.15) is 5.10 Å². The van der Waals surface area contributed by atoms with Crippen LogP contribution in [-0.4, -0.2) is 27.9 Å². The normalized spacial score (nSPS) is 19.1. The van der Waals surface area contributed by atoms with Crippen molar-refractivity contribution in [1.82, 2.24) is 15.1 Å². The van der Waals surface area contributed by atoms with E-state index in [1.165, 1.54) is 0 Å². The van der Waals surface area contributed by atoms with Crippen molar-refractivity contribution in [3.05, 3.63) is 29.5 Å². The summed E-state index contributed by atoms with van der Waals surface area (Å²) >= 11 is 0. The van der Waals surface area contributed by atoms with Crippen LogP contribution >= 0.6 is 0 Å². The minimum Gasteiger partial charge on any atom is -0.298 e. The number of piperidine rings is 1. The van der Waals surface area contributed by atoms with E-state index in [4.69, 9.17) is 0 Å². The SMILES string of the molecule is Cn1ncc2c(C=O)cc(C3CCC(=O)NC3=O)cc21. The second kappa shape index (κ2) is 4.56. The molecule has 1 unspecified atom stereocenters. The lowest BCUT2D eigenvalue weighted by Crippen LogP contribution is -2.39. The standard InChI is InChI=1S/C14H13N3O3/c1-17-12-5-8(4-9(7-18)11(12)6-15-17)10-2-3-13(19)16-14(10)20/h4-7,10H,2-3H2,1H3,(H,16,19,20). The molecule has 6 heteroatoms. The topological polar surface area (TPSA) is 81.1 Å². The molecule has 2 heterocycles. The van der Waals surface area contributed by atoms with Gasteiger partial charge in [-0.15, -0.1) is 0 Å². The number of hydrogen-bond acceptors (Lipinski definition) is 4. The van der Waals surface area contributed by atoms with E-state index < -0.39 is 5.92 Å². The van der Waals surface area contributed by atoms with Crippen LogP contribution in [0.3, 0.4) is 0 Å². The van der Waals surface area contributed by atoms with Crippen molar-refractivity contribution in [2.45, 2.75) is 18.8 Å². The monoisotopic (exact) mass is 271 g/mol. The zero-order valence-corrected chi connectivity index (χ0v) is 10.9. The molecule has 1 aliphatic heterocycles. The molecule has 20 heavy (non-hydrogen) atoms. The van der Waals surface area contributed by atoms with Gasteiger partial charge in [0, 0.05) is 24.4 Å². The minimum absolute atomic E-state index is 0.247. The zero-order valence-electron chi connectivity index (χ0n) is 10.9. The smallest absolute Gasteiger partial charge is 0.234 e. The first-order valence-electron chi connectivity index (χ1n) is 6.34. The highest BCUT2D eigenvalue weighted by atomic mass is 16.2. The van der Waals surface area contributed by atoms with Crippen molar-refractivity contribution in [3.63, 3.8) is 0 Å². The lowest BCUT2D eigenvalue weighted by atomic mass is 9.89. The molecular weight excluding hydrogens is 258 g/mol. The molecule has 6 nitrogen and oxygen atoms in total. The Kier molecular flexibility index (Phi) is 2.85. The number of aromatic nitrogens is 2. The molecule has 1 aromatic carbocycles. The highest BCUT2D eigenvalue weighted by molar-refractivity contribution is 6.02. The number of nitrogens with one attached hydrogen (secondary N) is 1. The van der Waals surface area contributed by atoms with Gasteiger partial charge in [0.2, 0.25) is 11.8 Å². The van der Waals surface area contributed by atoms with E-state index in [9.17, 15) is 14.4 Å². The molecule has 1 atom stereocenters. The number of carbonyl (C=O) groups excluding carboxylic acids is 3. The number of benzene rings is 1.